The zero-order valence-electron chi connectivity index (χ0n) is 18.9. The molecule has 0 unspecified atom stereocenters. The maximum atomic E-state index is 13.1. The van der Waals surface area contributed by atoms with Gasteiger partial charge in [0.2, 0.25) is 11.8 Å². The molecule has 0 aliphatic carbocycles. The summed E-state index contributed by atoms with van der Waals surface area (Å²) in [5.74, 6) is 0.118. The topological polar surface area (TPSA) is 87.3 Å². The minimum atomic E-state index is -0.618. The van der Waals surface area contributed by atoms with Crippen LogP contribution in [0.5, 0.6) is 0 Å². The fraction of sp³-hybridized carbons (Fsp3) is 0.154. The molecule has 0 bridgehead atoms. The molecule has 35 heavy (non-hydrogen) atoms. The first-order valence-corrected chi connectivity index (χ1v) is 12.1. The lowest BCUT2D eigenvalue weighted by Crippen LogP contribution is -2.33. The molecule has 4 rings (SSSR count). The van der Waals surface area contributed by atoms with Crippen LogP contribution in [0.2, 0.25) is 5.02 Å². The number of amides is 2. The molecule has 1 atom stereocenters. The molecule has 1 aliphatic heterocycles. The van der Waals surface area contributed by atoms with E-state index in [-0.39, 0.29) is 24.8 Å². The van der Waals surface area contributed by atoms with Gasteiger partial charge in [-0.25, -0.2) is 0 Å². The third-order valence-electron chi connectivity index (χ3n) is 5.01. The van der Waals surface area contributed by atoms with Crippen molar-refractivity contribution in [3.63, 3.8) is 0 Å². The standard InChI is InChI=1S/C26H23ClN4O3S/c1-18(14-19-6-3-2-4-7-19)16-28-30-26-31(17-22-8-5-13-34-22)25(33)23(35-26)15-24(32)29-21-11-9-20(27)10-12-21/h2-14,16,23H,15,17H2,1H3,(H,29,32)/b18-14-,28-16-,30-26+/t23-/m1/s1. The number of nitrogens with one attached hydrogen (secondary N) is 1. The van der Waals surface area contributed by atoms with Crippen LogP contribution in [0.1, 0.15) is 24.7 Å². The summed E-state index contributed by atoms with van der Waals surface area (Å²) in [4.78, 5) is 27.2. The Bertz CT molecular complexity index is 1260. The van der Waals surface area contributed by atoms with Gasteiger partial charge in [-0.1, -0.05) is 59.8 Å². The molecule has 9 heteroatoms. The number of amidine groups is 1. The van der Waals surface area contributed by atoms with Crippen molar-refractivity contribution in [2.75, 3.05) is 5.32 Å². The predicted octanol–water partition coefficient (Wildman–Crippen LogP) is 5.85. The average molecular weight is 507 g/mol. The van der Waals surface area contributed by atoms with Crippen LogP contribution in [0.15, 0.2) is 93.2 Å². The summed E-state index contributed by atoms with van der Waals surface area (Å²) in [5, 5.41) is 11.7. The van der Waals surface area contributed by atoms with Crippen LogP contribution >= 0.6 is 23.4 Å². The van der Waals surface area contributed by atoms with Gasteiger partial charge in [-0.15, -0.1) is 5.10 Å². The Labute approximate surface area is 212 Å². The number of halogens is 1. The highest BCUT2D eigenvalue weighted by Gasteiger charge is 2.39. The molecular formula is C26H23ClN4O3S. The van der Waals surface area contributed by atoms with Crippen LogP contribution in [0.3, 0.4) is 0 Å². The second-order valence-electron chi connectivity index (χ2n) is 7.80. The second-order valence-corrected chi connectivity index (χ2v) is 9.40. The van der Waals surface area contributed by atoms with Crippen molar-refractivity contribution in [2.24, 2.45) is 10.2 Å². The van der Waals surface area contributed by atoms with Gasteiger partial charge in [0, 0.05) is 17.1 Å². The molecule has 3 aromatic rings. The van der Waals surface area contributed by atoms with E-state index in [4.69, 9.17) is 16.0 Å². The molecule has 0 radical (unpaired) electrons. The Hall–Kier alpha value is -3.62. The number of thioether (sulfide) groups is 1. The number of carbonyl (C=O) groups is 2. The molecule has 2 heterocycles. The first-order valence-electron chi connectivity index (χ1n) is 10.9. The fourth-order valence-electron chi connectivity index (χ4n) is 3.35. The number of hydrogen-bond acceptors (Lipinski definition) is 6. The summed E-state index contributed by atoms with van der Waals surface area (Å²) in [5.41, 5.74) is 2.58. The lowest BCUT2D eigenvalue weighted by molar-refractivity contribution is -0.128. The first-order chi connectivity index (χ1) is 17.0. The number of allylic oxidation sites excluding steroid dienone is 1. The number of carbonyl (C=O) groups excluding carboxylic acids is 2. The van der Waals surface area contributed by atoms with E-state index in [1.165, 1.54) is 16.7 Å². The highest BCUT2D eigenvalue weighted by Crippen LogP contribution is 2.31. The Morgan fingerprint density at radius 1 is 1.14 bits per heavy atom. The Kier molecular flexibility index (Phi) is 8.18. The molecule has 1 N–H and O–H groups in total. The van der Waals surface area contributed by atoms with E-state index < -0.39 is 5.25 Å². The fourth-order valence-corrected chi connectivity index (χ4v) is 4.57. The van der Waals surface area contributed by atoms with Gasteiger partial charge < -0.3 is 9.73 Å². The highest BCUT2D eigenvalue weighted by atomic mass is 35.5. The van der Waals surface area contributed by atoms with Crippen LogP contribution in [0, 0.1) is 0 Å². The van der Waals surface area contributed by atoms with Crippen LogP contribution in [-0.4, -0.2) is 33.3 Å². The van der Waals surface area contributed by atoms with E-state index >= 15 is 0 Å². The minimum Gasteiger partial charge on any atom is -0.467 e. The zero-order valence-corrected chi connectivity index (χ0v) is 20.5. The molecule has 2 aromatic carbocycles. The number of anilines is 1. The van der Waals surface area contributed by atoms with Gasteiger partial charge in [-0.3, -0.25) is 14.5 Å². The van der Waals surface area contributed by atoms with E-state index in [1.807, 2.05) is 43.3 Å². The van der Waals surface area contributed by atoms with E-state index in [0.717, 1.165) is 11.1 Å². The number of benzene rings is 2. The van der Waals surface area contributed by atoms with Crippen molar-refractivity contribution >= 4 is 58.3 Å². The third kappa shape index (κ3) is 6.94. The molecule has 1 saturated heterocycles. The Morgan fingerprint density at radius 2 is 1.91 bits per heavy atom. The van der Waals surface area contributed by atoms with Gasteiger partial charge in [-0.05, 0) is 54.5 Å². The van der Waals surface area contributed by atoms with E-state index in [1.54, 1.807) is 48.9 Å². The number of rotatable bonds is 8. The summed E-state index contributed by atoms with van der Waals surface area (Å²) in [6.45, 7) is 2.13. The van der Waals surface area contributed by atoms with Crippen molar-refractivity contribution in [1.29, 1.82) is 0 Å². The van der Waals surface area contributed by atoms with Crippen molar-refractivity contribution in [2.45, 2.75) is 25.1 Å². The molecule has 1 aliphatic rings. The molecule has 0 saturated carbocycles. The Balaban J connectivity index is 1.47. The van der Waals surface area contributed by atoms with Gasteiger partial charge >= 0.3 is 0 Å². The average Bonchev–Trinajstić information content (AvgIpc) is 3.45. The second kappa shape index (κ2) is 11.7. The van der Waals surface area contributed by atoms with Crippen LogP contribution in [0.25, 0.3) is 6.08 Å². The lowest BCUT2D eigenvalue weighted by atomic mass is 10.1. The van der Waals surface area contributed by atoms with Gasteiger partial charge in [0.25, 0.3) is 0 Å². The maximum Gasteiger partial charge on any atom is 0.243 e. The monoisotopic (exact) mass is 506 g/mol. The summed E-state index contributed by atoms with van der Waals surface area (Å²) in [6.07, 6.45) is 5.17. The molecular weight excluding hydrogens is 484 g/mol. The van der Waals surface area contributed by atoms with E-state index in [9.17, 15) is 9.59 Å². The highest BCUT2D eigenvalue weighted by molar-refractivity contribution is 8.15. The quantitative estimate of drug-likeness (QED) is 0.306. The maximum absolute atomic E-state index is 13.1. The summed E-state index contributed by atoms with van der Waals surface area (Å²) < 4.78 is 5.41. The first kappa shape index (κ1) is 24.5. The molecule has 7 nitrogen and oxygen atoms in total. The molecule has 178 valence electrons. The number of hydrogen-bond donors (Lipinski definition) is 1. The number of furan rings is 1. The van der Waals surface area contributed by atoms with Gasteiger partial charge in [0.1, 0.15) is 11.0 Å². The van der Waals surface area contributed by atoms with Crippen molar-refractivity contribution in [1.82, 2.24) is 4.90 Å². The Morgan fingerprint density at radius 3 is 2.63 bits per heavy atom. The van der Waals surface area contributed by atoms with E-state index in [0.29, 0.717) is 21.6 Å². The largest absolute Gasteiger partial charge is 0.467 e. The normalized spacial score (nSPS) is 17.5. The summed E-state index contributed by atoms with van der Waals surface area (Å²) >= 11 is 7.11. The number of nitrogens with zero attached hydrogens (tertiary/aromatic N) is 3. The third-order valence-corrected chi connectivity index (χ3v) is 6.43. The summed E-state index contributed by atoms with van der Waals surface area (Å²) in [6, 6.07) is 20.2. The van der Waals surface area contributed by atoms with Crippen LogP contribution in [-0.2, 0) is 16.1 Å². The SMILES string of the molecule is CC(/C=N\N=C1\S[C@H](CC(=O)Nc2ccc(Cl)cc2)C(=O)N1Cc1ccco1)=C/c1ccccc1. The minimum absolute atomic E-state index is 0.00352. The van der Waals surface area contributed by atoms with Crippen molar-refractivity contribution in [3.05, 3.63) is 94.9 Å². The zero-order chi connectivity index (χ0) is 24.6. The van der Waals surface area contributed by atoms with E-state index in [2.05, 4.69) is 15.5 Å². The van der Waals surface area contributed by atoms with Gasteiger partial charge in [0.05, 0.1) is 19.0 Å². The van der Waals surface area contributed by atoms with Crippen molar-refractivity contribution in [3.8, 4) is 0 Å². The smallest absolute Gasteiger partial charge is 0.243 e. The van der Waals surface area contributed by atoms with Crippen LogP contribution < -0.4 is 5.32 Å². The van der Waals surface area contributed by atoms with Crippen LogP contribution in [0.4, 0.5) is 5.69 Å². The lowest BCUT2D eigenvalue weighted by Gasteiger charge is -2.14. The molecule has 2 amide bonds. The molecule has 0 spiro atoms. The predicted molar refractivity (Wildman–Crippen MR) is 141 cm³/mol. The van der Waals surface area contributed by atoms with Crippen molar-refractivity contribution < 1.29 is 14.0 Å². The molecule has 1 aromatic heterocycles. The molecule has 1 fully saturated rings. The summed E-state index contributed by atoms with van der Waals surface area (Å²) in [7, 11) is 0. The van der Waals surface area contributed by atoms with Gasteiger partial charge in [0.15, 0.2) is 5.17 Å². The van der Waals surface area contributed by atoms with Gasteiger partial charge in [-0.2, -0.15) is 5.10 Å².